The van der Waals surface area contributed by atoms with E-state index in [0.717, 1.165) is 24.8 Å². The number of hydrogen-bond acceptors (Lipinski definition) is 7. The molecule has 5 atom stereocenters. The van der Waals surface area contributed by atoms with Gasteiger partial charge in [0.15, 0.2) is 11.6 Å². The topological polar surface area (TPSA) is 153 Å². The van der Waals surface area contributed by atoms with Gasteiger partial charge in [-0.25, -0.2) is 0 Å². The van der Waals surface area contributed by atoms with E-state index in [4.69, 9.17) is 0 Å². The molecule has 0 fully saturated rings. The Hall–Kier alpha value is -4.21. The van der Waals surface area contributed by atoms with E-state index < -0.39 is 23.9 Å². The number of hydrogen-bond donors (Lipinski definition) is 4. The first-order valence-corrected chi connectivity index (χ1v) is 20.8. The van der Waals surface area contributed by atoms with Crippen LogP contribution in [0.3, 0.4) is 0 Å². The molecule has 4 N–H and O–H groups in total. The van der Waals surface area contributed by atoms with Crippen molar-refractivity contribution in [2.75, 3.05) is 7.05 Å². The van der Waals surface area contributed by atoms with Crippen LogP contribution in [0, 0.1) is 11.8 Å². The summed E-state index contributed by atoms with van der Waals surface area (Å²) >= 11 is 0. The second-order valence-corrected chi connectivity index (χ2v) is 16.0. The molecule has 1 aliphatic heterocycles. The molecule has 55 heavy (non-hydrogen) atoms. The zero-order valence-corrected chi connectivity index (χ0v) is 34.3. The lowest BCUT2D eigenvalue weighted by Crippen LogP contribution is -2.42. The minimum absolute atomic E-state index is 0.0700. The summed E-state index contributed by atoms with van der Waals surface area (Å²) < 4.78 is 0. The first kappa shape index (κ1) is 45.2. The van der Waals surface area contributed by atoms with Crippen LogP contribution in [0.4, 0.5) is 0 Å². The first-order chi connectivity index (χ1) is 26.2. The number of aromatic hydroxyl groups is 2. The van der Waals surface area contributed by atoms with Crippen LogP contribution >= 0.6 is 0 Å². The molecule has 1 unspecified atom stereocenters. The number of nitrogens with zero attached hydrogens (tertiary/aromatic N) is 1. The molecule has 0 saturated carbocycles. The van der Waals surface area contributed by atoms with Gasteiger partial charge < -0.3 is 25.7 Å². The molecule has 0 spiro atoms. The molecule has 10 heteroatoms. The van der Waals surface area contributed by atoms with E-state index in [2.05, 4.69) is 17.6 Å². The molecular formula is C45H67N3O7. The van der Waals surface area contributed by atoms with Crippen LogP contribution in [0.2, 0.25) is 0 Å². The van der Waals surface area contributed by atoms with Gasteiger partial charge in [0.05, 0.1) is 6.04 Å². The van der Waals surface area contributed by atoms with Crippen LogP contribution < -0.4 is 10.6 Å². The number of likely N-dealkylation sites (N-methyl/N-ethyl adjacent to an activating group) is 1. The Balaban J connectivity index is 1.57. The minimum Gasteiger partial charge on any atom is -0.507 e. The Bertz CT molecular complexity index is 1590. The van der Waals surface area contributed by atoms with Crippen molar-refractivity contribution < 1.29 is 34.2 Å². The Morgan fingerprint density at radius 2 is 1.36 bits per heavy atom. The molecule has 2 aromatic rings. The molecule has 0 saturated heterocycles. The third-order valence-corrected chi connectivity index (χ3v) is 11.0. The average Bonchev–Trinajstić information content (AvgIpc) is 3.14. The zero-order valence-electron chi connectivity index (χ0n) is 34.3. The molecule has 1 heterocycles. The van der Waals surface area contributed by atoms with Gasteiger partial charge in [-0.15, -0.1) is 0 Å². The average molecular weight is 762 g/mol. The first-order valence-electron chi connectivity index (χ1n) is 20.8. The maximum Gasteiger partial charge on any atom is 0.223 e. The minimum atomic E-state index is -1.12. The van der Waals surface area contributed by atoms with Crippen molar-refractivity contribution in [2.45, 2.75) is 162 Å². The number of carbonyl (C=O) groups excluding carboxylic acids is 5. The predicted octanol–water partition coefficient (Wildman–Crippen LogP) is 8.50. The molecule has 304 valence electrons. The van der Waals surface area contributed by atoms with Crippen LogP contribution in [-0.2, 0) is 30.4 Å². The molecule has 0 aromatic heterocycles. The summed E-state index contributed by atoms with van der Waals surface area (Å²) in [7, 11) is 1.48. The molecule has 4 bridgehead atoms. The molecule has 3 amide bonds. The molecular weight excluding hydrogens is 695 g/mol. The monoisotopic (exact) mass is 761 g/mol. The fourth-order valence-corrected chi connectivity index (χ4v) is 7.41. The lowest BCUT2D eigenvalue weighted by molar-refractivity contribution is -0.140. The van der Waals surface area contributed by atoms with Crippen molar-refractivity contribution >= 4 is 29.3 Å². The molecule has 2 aromatic carbocycles. The number of fused-ring (bicyclic) bond motifs is 5. The highest BCUT2D eigenvalue weighted by molar-refractivity contribution is 5.95. The number of amides is 3. The van der Waals surface area contributed by atoms with E-state index in [9.17, 15) is 34.2 Å². The number of benzene rings is 2. The van der Waals surface area contributed by atoms with Crippen molar-refractivity contribution in [1.29, 1.82) is 0 Å². The van der Waals surface area contributed by atoms with Crippen LogP contribution in [0.5, 0.6) is 11.5 Å². The summed E-state index contributed by atoms with van der Waals surface area (Å²) in [5, 5.41) is 27.4. The lowest BCUT2D eigenvalue weighted by atomic mass is 9.90. The Labute approximate surface area is 329 Å². The SMILES string of the molecule is CCCCCCCCCCCCCCC(C)C(=O)N[C@H](C)C(=O)CCC(=O)N(C)[C@@H]1C(=O)C[C@@H](C)C(=O)N[C@H](C)Cc2ccc(O)c(c2)-c2cc1ccc2O. The summed E-state index contributed by atoms with van der Waals surface area (Å²) in [5.41, 5.74) is 1.88. The molecule has 10 nitrogen and oxygen atoms in total. The van der Waals surface area contributed by atoms with Gasteiger partial charge in [0.2, 0.25) is 17.7 Å². The predicted molar refractivity (Wildman–Crippen MR) is 218 cm³/mol. The highest BCUT2D eigenvalue weighted by Crippen LogP contribution is 2.39. The molecule has 0 aliphatic carbocycles. The Kier molecular flexibility index (Phi) is 18.9. The van der Waals surface area contributed by atoms with Crippen LogP contribution in [0.1, 0.15) is 155 Å². The third-order valence-electron chi connectivity index (χ3n) is 11.0. The van der Waals surface area contributed by atoms with Crippen molar-refractivity contribution in [3.63, 3.8) is 0 Å². The van der Waals surface area contributed by atoms with Crippen molar-refractivity contribution in [2.24, 2.45) is 11.8 Å². The zero-order chi connectivity index (χ0) is 40.5. The van der Waals surface area contributed by atoms with Gasteiger partial charge in [-0.3, -0.25) is 24.0 Å². The summed E-state index contributed by atoms with van der Waals surface area (Å²) in [6.45, 7) is 9.27. The van der Waals surface area contributed by atoms with Crippen molar-refractivity contribution in [1.82, 2.24) is 15.5 Å². The molecule has 0 radical (unpaired) electrons. The number of phenols is 2. The molecule has 1 aliphatic rings. The van der Waals surface area contributed by atoms with Crippen LogP contribution in [0.25, 0.3) is 11.1 Å². The second kappa shape index (κ2) is 23.0. The van der Waals surface area contributed by atoms with Crippen molar-refractivity contribution in [3.05, 3.63) is 47.5 Å². The summed E-state index contributed by atoms with van der Waals surface area (Å²) in [5.74, 6) is -2.67. The summed E-state index contributed by atoms with van der Waals surface area (Å²) in [4.78, 5) is 67.9. The van der Waals surface area contributed by atoms with Gasteiger partial charge in [0.25, 0.3) is 0 Å². The van der Waals surface area contributed by atoms with Gasteiger partial charge in [0.1, 0.15) is 17.5 Å². The van der Waals surface area contributed by atoms with E-state index in [-0.39, 0.29) is 66.1 Å². The fourth-order valence-electron chi connectivity index (χ4n) is 7.41. The number of rotatable bonds is 20. The van der Waals surface area contributed by atoms with E-state index in [1.54, 1.807) is 38.1 Å². The standard InChI is InChI=1S/C45H67N3O7/c1-7-8-9-10-11-12-13-14-15-16-17-18-19-30(2)44(54)47-33(5)38(49)24-25-42(53)48(6)43-35-21-23-40(51)37(29-35)36-28-34(20-22-39(36)50)27-32(4)46-45(55)31(3)26-41(43)52/h20-23,28-33,43,50-51H,7-19,24-27H2,1-6H3,(H,46,55)(H,47,54)/t30?,31-,32-,33-,43+/m1/s1. The molecule has 3 rings (SSSR count). The second-order valence-electron chi connectivity index (χ2n) is 16.0. The van der Waals surface area contributed by atoms with Gasteiger partial charge in [-0.2, -0.15) is 0 Å². The summed E-state index contributed by atoms with van der Waals surface area (Å²) in [6, 6.07) is 7.42. The van der Waals surface area contributed by atoms with E-state index >= 15 is 0 Å². The highest BCUT2D eigenvalue weighted by atomic mass is 16.3. The number of nitrogens with one attached hydrogen (secondary N) is 2. The quantitative estimate of drug-likeness (QED) is 0.0988. The van der Waals surface area contributed by atoms with Gasteiger partial charge in [0, 0.05) is 55.3 Å². The number of unbranched alkanes of at least 4 members (excludes halogenated alkanes) is 11. The Morgan fingerprint density at radius 1 is 0.800 bits per heavy atom. The number of carbonyl (C=O) groups is 5. The van der Waals surface area contributed by atoms with E-state index in [1.165, 1.54) is 88.3 Å². The maximum atomic E-state index is 13.9. The smallest absolute Gasteiger partial charge is 0.223 e. The van der Waals surface area contributed by atoms with Gasteiger partial charge in [-0.1, -0.05) is 110 Å². The number of phenolic OH excluding ortho intramolecular Hbond substituents is 2. The van der Waals surface area contributed by atoms with Crippen molar-refractivity contribution in [3.8, 4) is 22.6 Å². The lowest BCUT2D eigenvalue weighted by Gasteiger charge is -2.29. The highest BCUT2D eigenvalue weighted by Gasteiger charge is 2.32. The van der Waals surface area contributed by atoms with Gasteiger partial charge in [-0.05, 0) is 62.1 Å². The number of Topliss-reactive ketones (excluding diaryl/α,β-unsaturated/α-hetero) is 2. The largest absolute Gasteiger partial charge is 0.507 e. The normalized spacial score (nSPS) is 18.5. The fraction of sp³-hybridized carbons (Fsp3) is 0.622. The van der Waals surface area contributed by atoms with E-state index in [0.29, 0.717) is 23.1 Å². The van der Waals surface area contributed by atoms with Crippen LogP contribution in [-0.4, -0.2) is 63.5 Å². The Morgan fingerprint density at radius 3 is 1.98 bits per heavy atom. The van der Waals surface area contributed by atoms with Gasteiger partial charge >= 0.3 is 0 Å². The van der Waals surface area contributed by atoms with Crippen LogP contribution in [0.15, 0.2) is 36.4 Å². The van der Waals surface area contributed by atoms with E-state index in [1.807, 2.05) is 13.8 Å². The summed E-state index contributed by atoms with van der Waals surface area (Å²) in [6.07, 6.45) is 15.8. The number of ketones is 2. The maximum absolute atomic E-state index is 13.9. The third kappa shape index (κ3) is 14.4.